The fourth-order valence-corrected chi connectivity index (χ4v) is 2.92. The number of amides is 1. The van der Waals surface area contributed by atoms with Crippen LogP contribution >= 0.6 is 0 Å². The van der Waals surface area contributed by atoms with Crippen molar-refractivity contribution in [2.24, 2.45) is 5.41 Å². The molecule has 0 unspecified atom stereocenters. The first-order chi connectivity index (χ1) is 11.3. The largest absolute Gasteiger partial charge is 0.493 e. The maximum absolute atomic E-state index is 12.5. The molecular weight excluding hydrogens is 310 g/mol. The number of ether oxygens (including phenoxy) is 3. The van der Waals surface area contributed by atoms with Crippen molar-refractivity contribution in [3.05, 3.63) is 17.7 Å². The maximum atomic E-state index is 12.5. The third-order valence-corrected chi connectivity index (χ3v) is 4.52. The van der Waals surface area contributed by atoms with Crippen molar-refractivity contribution >= 4 is 11.7 Å². The van der Waals surface area contributed by atoms with Crippen molar-refractivity contribution in [2.45, 2.75) is 26.7 Å². The molecule has 1 saturated heterocycles. The highest BCUT2D eigenvalue weighted by Crippen LogP contribution is 2.38. The molecule has 1 fully saturated rings. The van der Waals surface area contributed by atoms with E-state index in [1.165, 1.54) is 0 Å². The number of carbonyl (C=O) groups is 2. The number of likely N-dealkylation sites (tertiary alicyclic amines) is 1. The summed E-state index contributed by atoms with van der Waals surface area (Å²) in [5.41, 5.74) is 0.0556. The number of methoxy groups -OCH3 is 3. The molecular formula is C18H25NO5. The molecule has 24 heavy (non-hydrogen) atoms. The van der Waals surface area contributed by atoms with E-state index in [2.05, 4.69) is 0 Å². The van der Waals surface area contributed by atoms with Gasteiger partial charge in [-0.25, -0.2) is 0 Å². The highest BCUT2D eigenvalue weighted by molar-refractivity contribution is 6.07. The molecule has 6 heteroatoms. The zero-order valence-corrected chi connectivity index (χ0v) is 15.0. The van der Waals surface area contributed by atoms with Crippen LogP contribution in [0.3, 0.4) is 0 Å². The van der Waals surface area contributed by atoms with Gasteiger partial charge in [0, 0.05) is 19.5 Å². The van der Waals surface area contributed by atoms with Gasteiger partial charge in [0.15, 0.2) is 11.5 Å². The first-order valence-electron chi connectivity index (χ1n) is 7.96. The number of ketones is 1. The van der Waals surface area contributed by atoms with Crippen molar-refractivity contribution in [3.63, 3.8) is 0 Å². The Kier molecular flexibility index (Phi) is 5.36. The Balaban J connectivity index is 2.15. The number of rotatable bonds is 6. The summed E-state index contributed by atoms with van der Waals surface area (Å²) in [5, 5.41) is 0. The topological polar surface area (TPSA) is 65.1 Å². The number of benzene rings is 1. The average Bonchev–Trinajstić information content (AvgIpc) is 2.58. The molecule has 2 rings (SSSR count). The molecule has 1 aliphatic rings. The molecule has 0 N–H and O–H groups in total. The van der Waals surface area contributed by atoms with E-state index in [4.69, 9.17) is 14.2 Å². The summed E-state index contributed by atoms with van der Waals surface area (Å²) >= 11 is 0. The van der Waals surface area contributed by atoms with Crippen LogP contribution in [-0.2, 0) is 16.0 Å². The van der Waals surface area contributed by atoms with Crippen LogP contribution in [0.4, 0.5) is 0 Å². The third-order valence-electron chi connectivity index (χ3n) is 4.52. The van der Waals surface area contributed by atoms with Crippen molar-refractivity contribution in [3.8, 4) is 17.2 Å². The lowest BCUT2D eigenvalue weighted by Gasteiger charge is -2.36. The van der Waals surface area contributed by atoms with Crippen LogP contribution in [0.15, 0.2) is 12.1 Å². The van der Waals surface area contributed by atoms with Crippen molar-refractivity contribution in [1.82, 2.24) is 4.90 Å². The second kappa shape index (κ2) is 7.11. The lowest BCUT2D eigenvalue weighted by atomic mass is 9.81. The zero-order chi connectivity index (χ0) is 17.9. The second-order valence-corrected chi connectivity index (χ2v) is 6.37. The van der Waals surface area contributed by atoms with Crippen LogP contribution in [0, 0.1) is 5.41 Å². The highest BCUT2D eigenvalue weighted by atomic mass is 16.5. The van der Waals surface area contributed by atoms with E-state index in [0.29, 0.717) is 43.2 Å². The molecule has 0 aliphatic carbocycles. The lowest BCUT2D eigenvalue weighted by Crippen LogP contribution is -2.51. The third kappa shape index (κ3) is 3.32. The number of carbonyl (C=O) groups excluding carboxylic acids is 2. The predicted molar refractivity (Wildman–Crippen MR) is 89.8 cm³/mol. The molecule has 132 valence electrons. The van der Waals surface area contributed by atoms with Gasteiger partial charge in [-0.3, -0.25) is 9.59 Å². The summed E-state index contributed by atoms with van der Waals surface area (Å²) < 4.78 is 16.0. The van der Waals surface area contributed by atoms with Crippen LogP contribution in [0.2, 0.25) is 0 Å². The van der Waals surface area contributed by atoms with Gasteiger partial charge < -0.3 is 19.1 Å². The smallest absolute Gasteiger partial charge is 0.235 e. The Bertz CT molecular complexity index is 613. The van der Waals surface area contributed by atoms with E-state index in [9.17, 15) is 9.59 Å². The minimum Gasteiger partial charge on any atom is -0.493 e. The van der Waals surface area contributed by atoms with Gasteiger partial charge in [-0.15, -0.1) is 0 Å². The van der Waals surface area contributed by atoms with Crippen molar-refractivity contribution in [2.75, 3.05) is 34.4 Å². The van der Waals surface area contributed by atoms with E-state index in [1.54, 1.807) is 40.1 Å². The number of hydrogen-bond donors (Lipinski definition) is 0. The molecule has 0 atom stereocenters. The molecule has 1 amide bonds. The predicted octanol–water partition coefficient (Wildman–Crippen LogP) is 2.08. The summed E-state index contributed by atoms with van der Waals surface area (Å²) in [6.45, 7) is 4.42. The normalized spacial score (nSPS) is 17.0. The van der Waals surface area contributed by atoms with E-state index >= 15 is 0 Å². The van der Waals surface area contributed by atoms with Crippen LogP contribution in [0.25, 0.3) is 0 Å². The Labute approximate surface area is 142 Å². The van der Waals surface area contributed by atoms with Gasteiger partial charge in [-0.05, 0) is 38.0 Å². The van der Waals surface area contributed by atoms with Crippen LogP contribution in [0.1, 0.15) is 25.8 Å². The number of piperidine rings is 1. The molecule has 6 nitrogen and oxygen atoms in total. The van der Waals surface area contributed by atoms with Crippen molar-refractivity contribution in [1.29, 1.82) is 0 Å². The van der Waals surface area contributed by atoms with E-state index in [1.807, 2.05) is 12.1 Å². The summed E-state index contributed by atoms with van der Waals surface area (Å²) in [5.74, 6) is 1.63. The Hall–Kier alpha value is -2.24. The standard InChI is InChI=1S/C18H25NO5/c1-18(2)15(20)7-9-19(17(18)21)8-6-12-10-13(22-3)16(24-5)14(11-12)23-4/h10-11H,6-9H2,1-5H3. The molecule has 1 aromatic carbocycles. The average molecular weight is 335 g/mol. The molecule has 1 aliphatic heterocycles. The number of nitrogens with zero attached hydrogens (tertiary/aromatic N) is 1. The van der Waals surface area contributed by atoms with Gasteiger partial charge in [-0.1, -0.05) is 0 Å². The second-order valence-electron chi connectivity index (χ2n) is 6.37. The zero-order valence-electron chi connectivity index (χ0n) is 15.0. The maximum Gasteiger partial charge on any atom is 0.235 e. The Morgan fingerprint density at radius 3 is 2.12 bits per heavy atom. The molecule has 0 aromatic heterocycles. The highest BCUT2D eigenvalue weighted by Gasteiger charge is 2.42. The van der Waals surface area contributed by atoms with Gasteiger partial charge in [0.2, 0.25) is 11.7 Å². The van der Waals surface area contributed by atoms with E-state index in [0.717, 1.165) is 5.56 Å². The molecule has 0 radical (unpaired) electrons. The quantitative estimate of drug-likeness (QED) is 0.745. The Morgan fingerprint density at radius 2 is 1.62 bits per heavy atom. The van der Waals surface area contributed by atoms with Gasteiger partial charge in [-0.2, -0.15) is 0 Å². The summed E-state index contributed by atoms with van der Waals surface area (Å²) in [6, 6.07) is 3.76. The summed E-state index contributed by atoms with van der Waals surface area (Å²) in [4.78, 5) is 26.1. The molecule has 1 aromatic rings. The lowest BCUT2D eigenvalue weighted by molar-refractivity contribution is -0.152. The monoisotopic (exact) mass is 335 g/mol. The minimum atomic E-state index is -0.923. The van der Waals surface area contributed by atoms with E-state index in [-0.39, 0.29) is 11.7 Å². The van der Waals surface area contributed by atoms with Crippen LogP contribution in [0.5, 0.6) is 17.2 Å². The van der Waals surface area contributed by atoms with Gasteiger partial charge in [0.1, 0.15) is 11.2 Å². The van der Waals surface area contributed by atoms with Gasteiger partial charge in [0.05, 0.1) is 21.3 Å². The first kappa shape index (κ1) is 18.1. The number of hydrogen-bond acceptors (Lipinski definition) is 5. The van der Waals surface area contributed by atoms with E-state index < -0.39 is 5.41 Å². The summed E-state index contributed by atoms with van der Waals surface area (Å²) in [6.07, 6.45) is 1.06. The number of Topliss-reactive ketones (excluding diaryl/α,β-unsaturated/α-hetero) is 1. The van der Waals surface area contributed by atoms with Gasteiger partial charge >= 0.3 is 0 Å². The van der Waals surface area contributed by atoms with Crippen LogP contribution < -0.4 is 14.2 Å². The van der Waals surface area contributed by atoms with Gasteiger partial charge in [0.25, 0.3) is 0 Å². The van der Waals surface area contributed by atoms with Crippen LogP contribution in [-0.4, -0.2) is 51.0 Å². The molecule has 0 saturated carbocycles. The minimum absolute atomic E-state index is 0.0107. The first-order valence-corrected chi connectivity index (χ1v) is 7.96. The molecule has 0 spiro atoms. The molecule has 0 bridgehead atoms. The SMILES string of the molecule is COc1cc(CCN2CCC(=O)C(C)(C)C2=O)cc(OC)c1OC. The fourth-order valence-electron chi connectivity index (χ4n) is 2.92. The fraction of sp³-hybridized carbons (Fsp3) is 0.556. The summed E-state index contributed by atoms with van der Waals surface area (Å²) in [7, 11) is 4.71. The molecule has 1 heterocycles. The Morgan fingerprint density at radius 1 is 1.04 bits per heavy atom. The van der Waals surface area contributed by atoms with Crippen molar-refractivity contribution < 1.29 is 23.8 Å².